The summed E-state index contributed by atoms with van der Waals surface area (Å²) in [6.07, 6.45) is 0. The third-order valence-corrected chi connectivity index (χ3v) is 4.82. The number of aryl methyl sites for hydroxylation is 2. The Morgan fingerprint density at radius 3 is 2.33 bits per heavy atom. The quantitative estimate of drug-likeness (QED) is 0.679. The molecular weight excluding hydrogens is 321 g/mol. The smallest absolute Gasteiger partial charge is 0.199 e. The Hall–Kier alpha value is -2.27. The maximum atomic E-state index is 13.3. The summed E-state index contributed by atoms with van der Waals surface area (Å²) in [5.41, 5.74) is 4.08. The largest absolute Gasteiger partial charge is 0.271 e. The zero-order chi connectivity index (χ0) is 17.5. The molecule has 1 heterocycles. The van der Waals surface area contributed by atoms with Gasteiger partial charge in [-0.05, 0) is 80.9 Å². The second kappa shape index (κ2) is 5.98. The molecule has 0 aliphatic heterocycles. The summed E-state index contributed by atoms with van der Waals surface area (Å²) in [5.74, 6) is 0.520. The van der Waals surface area contributed by atoms with Gasteiger partial charge in [-0.1, -0.05) is 18.2 Å². The molecule has 0 saturated carbocycles. The van der Waals surface area contributed by atoms with Gasteiger partial charge in [0.05, 0.1) is 5.41 Å². The van der Waals surface area contributed by atoms with Gasteiger partial charge < -0.3 is 0 Å². The van der Waals surface area contributed by atoms with Crippen LogP contribution in [-0.4, -0.2) is 14.8 Å². The van der Waals surface area contributed by atoms with E-state index in [1.54, 1.807) is 12.1 Å². The van der Waals surface area contributed by atoms with Gasteiger partial charge in [-0.25, -0.2) is 4.39 Å². The van der Waals surface area contributed by atoms with Gasteiger partial charge in [0.15, 0.2) is 4.77 Å². The van der Waals surface area contributed by atoms with E-state index >= 15 is 0 Å². The summed E-state index contributed by atoms with van der Waals surface area (Å²) in [4.78, 5) is 0. The van der Waals surface area contributed by atoms with E-state index in [0.29, 0.717) is 4.77 Å². The van der Waals surface area contributed by atoms with Crippen LogP contribution >= 0.6 is 12.2 Å². The Morgan fingerprint density at radius 1 is 1.04 bits per heavy atom. The molecule has 24 heavy (non-hydrogen) atoms. The van der Waals surface area contributed by atoms with Crippen molar-refractivity contribution >= 4 is 12.2 Å². The van der Waals surface area contributed by atoms with Gasteiger partial charge in [-0.2, -0.15) is 5.10 Å². The molecule has 0 bridgehead atoms. The van der Waals surface area contributed by atoms with Crippen molar-refractivity contribution in [3.05, 3.63) is 75.6 Å². The second-order valence-electron chi connectivity index (χ2n) is 6.59. The van der Waals surface area contributed by atoms with Crippen LogP contribution < -0.4 is 0 Å². The molecule has 1 aromatic heterocycles. The first-order valence-electron chi connectivity index (χ1n) is 7.82. The minimum absolute atomic E-state index is 0.274. The van der Waals surface area contributed by atoms with Crippen LogP contribution in [0.25, 0.3) is 5.69 Å². The molecule has 2 aromatic carbocycles. The van der Waals surface area contributed by atoms with Crippen molar-refractivity contribution in [2.24, 2.45) is 0 Å². The maximum absolute atomic E-state index is 13.3. The lowest BCUT2D eigenvalue weighted by molar-refractivity contribution is 0.574. The van der Waals surface area contributed by atoms with Gasteiger partial charge in [0.2, 0.25) is 0 Å². The van der Waals surface area contributed by atoms with E-state index in [2.05, 4.69) is 56.1 Å². The van der Waals surface area contributed by atoms with Crippen LogP contribution in [0.2, 0.25) is 0 Å². The standard InChI is InChI=1S/C19H20FN3S/c1-12-5-6-14(11-13(12)2)19(3,4)17-21-22-18(24)23(17)16-9-7-15(20)8-10-16/h5-11H,1-4H3,(H,22,24). The van der Waals surface area contributed by atoms with E-state index < -0.39 is 0 Å². The van der Waals surface area contributed by atoms with E-state index in [1.165, 1.54) is 23.3 Å². The summed E-state index contributed by atoms with van der Waals surface area (Å²) in [5, 5.41) is 7.34. The van der Waals surface area contributed by atoms with Gasteiger partial charge in [-0.15, -0.1) is 0 Å². The Bertz CT molecular complexity index is 936. The fourth-order valence-corrected chi connectivity index (χ4v) is 3.04. The Balaban J connectivity index is 2.17. The second-order valence-corrected chi connectivity index (χ2v) is 6.97. The lowest BCUT2D eigenvalue weighted by atomic mass is 9.82. The highest BCUT2D eigenvalue weighted by molar-refractivity contribution is 7.71. The zero-order valence-corrected chi connectivity index (χ0v) is 15.0. The van der Waals surface area contributed by atoms with Crippen molar-refractivity contribution < 1.29 is 4.39 Å². The highest BCUT2D eigenvalue weighted by Gasteiger charge is 2.30. The number of nitrogens with zero attached hydrogens (tertiary/aromatic N) is 2. The highest BCUT2D eigenvalue weighted by atomic mass is 32.1. The van der Waals surface area contributed by atoms with Crippen LogP contribution in [0.15, 0.2) is 42.5 Å². The Kier molecular flexibility index (Phi) is 4.13. The fraction of sp³-hybridized carbons (Fsp3) is 0.263. The summed E-state index contributed by atoms with van der Waals surface area (Å²) in [6, 6.07) is 12.7. The van der Waals surface area contributed by atoms with Crippen LogP contribution in [0.1, 0.15) is 36.4 Å². The topological polar surface area (TPSA) is 33.6 Å². The van der Waals surface area contributed by atoms with Crippen molar-refractivity contribution in [1.29, 1.82) is 0 Å². The predicted octanol–water partition coefficient (Wildman–Crippen LogP) is 5.01. The highest BCUT2D eigenvalue weighted by Crippen LogP contribution is 2.32. The van der Waals surface area contributed by atoms with Crippen LogP contribution in [-0.2, 0) is 5.41 Å². The number of hydrogen-bond donors (Lipinski definition) is 1. The van der Waals surface area contributed by atoms with Crippen molar-refractivity contribution in [3.63, 3.8) is 0 Å². The Labute approximate surface area is 146 Å². The SMILES string of the molecule is Cc1ccc(C(C)(C)c2n[nH]c(=S)n2-c2ccc(F)cc2)cc1C. The number of hydrogen-bond acceptors (Lipinski definition) is 2. The van der Waals surface area contributed by atoms with Crippen molar-refractivity contribution in [2.75, 3.05) is 0 Å². The Morgan fingerprint density at radius 2 is 1.71 bits per heavy atom. The average Bonchev–Trinajstić information content (AvgIpc) is 2.93. The van der Waals surface area contributed by atoms with Gasteiger partial charge in [-0.3, -0.25) is 9.67 Å². The monoisotopic (exact) mass is 341 g/mol. The normalized spacial score (nSPS) is 11.7. The molecule has 0 atom stereocenters. The fourth-order valence-electron chi connectivity index (χ4n) is 2.81. The van der Waals surface area contributed by atoms with E-state index in [4.69, 9.17) is 12.2 Å². The van der Waals surface area contributed by atoms with E-state index in [9.17, 15) is 4.39 Å². The zero-order valence-electron chi connectivity index (χ0n) is 14.2. The molecule has 124 valence electrons. The van der Waals surface area contributed by atoms with Crippen LogP contribution in [0.4, 0.5) is 4.39 Å². The first-order chi connectivity index (χ1) is 11.3. The number of aromatic amines is 1. The van der Waals surface area contributed by atoms with Gasteiger partial charge in [0.1, 0.15) is 11.6 Å². The van der Waals surface area contributed by atoms with Crippen LogP contribution in [0, 0.1) is 24.4 Å². The maximum Gasteiger partial charge on any atom is 0.199 e. The molecule has 0 spiro atoms. The molecule has 0 aliphatic carbocycles. The minimum atomic E-state index is -0.361. The van der Waals surface area contributed by atoms with Crippen molar-refractivity contribution in [2.45, 2.75) is 33.1 Å². The lowest BCUT2D eigenvalue weighted by Gasteiger charge is -2.26. The molecule has 1 N–H and O–H groups in total. The number of nitrogens with one attached hydrogen (secondary N) is 1. The summed E-state index contributed by atoms with van der Waals surface area (Å²) >= 11 is 5.40. The van der Waals surface area contributed by atoms with Crippen LogP contribution in [0.5, 0.6) is 0 Å². The first kappa shape index (κ1) is 16.6. The number of H-pyrrole nitrogens is 1. The third-order valence-electron chi connectivity index (χ3n) is 4.54. The molecule has 0 saturated heterocycles. The number of aromatic nitrogens is 3. The molecular formula is C19H20FN3S. The van der Waals surface area contributed by atoms with Gasteiger partial charge in [0, 0.05) is 5.69 Å². The lowest BCUT2D eigenvalue weighted by Crippen LogP contribution is -2.24. The average molecular weight is 341 g/mol. The van der Waals surface area contributed by atoms with E-state index in [-0.39, 0.29) is 11.2 Å². The minimum Gasteiger partial charge on any atom is -0.271 e. The molecule has 0 radical (unpaired) electrons. The number of halogens is 1. The molecule has 0 amide bonds. The van der Waals surface area contributed by atoms with E-state index in [0.717, 1.165) is 17.1 Å². The summed E-state index contributed by atoms with van der Waals surface area (Å²) in [7, 11) is 0. The van der Waals surface area contributed by atoms with Crippen molar-refractivity contribution in [3.8, 4) is 5.69 Å². The molecule has 3 aromatic rings. The predicted molar refractivity (Wildman–Crippen MR) is 96.8 cm³/mol. The molecule has 0 unspecified atom stereocenters. The van der Waals surface area contributed by atoms with Gasteiger partial charge >= 0.3 is 0 Å². The number of rotatable bonds is 3. The first-order valence-corrected chi connectivity index (χ1v) is 8.23. The summed E-state index contributed by atoms with van der Waals surface area (Å²) in [6.45, 7) is 8.43. The van der Waals surface area contributed by atoms with Crippen molar-refractivity contribution in [1.82, 2.24) is 14.8 Å². The molecule has 0 fully saturated rings. The van der Waals surface area contributed by atoms with Crippen LogP contribution in [0.3, 0.4) is 0 Å². The third kappa shape index (κ3) is 2.80. The molecule has 0 aliphatic rings. The molecule has 5 heteroatoms. The number of benzene rings is 2. The summed E-state index contributed by atoms with van der Waals surface area (Å²) < 4.78 is 15.6. The molecule has 3 rings (SSSR count). The van der Waals surface area contributed by atoms with Gasteiger partial charge in [0.25, 0.3) is 0 Å². The van der Waals surface area contributed by atoms with E-state index in [1.807, 2.05) is 4.57 Å². The molecule has 3 nitrogen and oxygen atoms in total.